The van der Waals surface area contributed by atoms with E-state index in [1.807, 2.05) is 37.3 Å². The number of aryl methyl sites for hydroxylation is 1. The number of nitrogens with one attached hydrogen (secondary N) is 1. The number of benzene rings is 2. The van der Waals surface area contributed by atoms with Crippen LogP contribution in [-0.2, 0) is 13.0 Å². The SMILES string of the molecule is Cc1nc(OC[C@@H]2CCNC2)nc2c1CCN(c1cc(O)cc3ccccc13)C2. The van der Waals surface area contributed by atoms with Crippen LogP contribution in [0, 0.1) is 12.8 Å². The molecule has 0 bridgehead atoms. The molecule has 6 nitrogen and oxygen atoms in total. The van der Waals surface area contributed by atoms with Gasteiger partial charge in [-0.1, -0.05) is 24.3 Å². The number of aromatic nitrogens is 2. The van der Waals surface area contributed by atoms with Crippen LogP contribution in [0.4, 0.5) is 5.69 Å². The van der Waals surface area contributed by atoms with Crippen molar-refractivity contribution < 1.29 is 9.84 Å². The molecule has 2 aliphatic heterocycles. The molecule has 29 heavy (non-hydrogen) atoms. The number of ether oxygens (including phenoxy) is 1. The average molecular weight is 390 g/mol. The highest BCUT2D eigenvalue weighted by Gasteiger charge is 2.24. The van der Waals surface area contributed by atoms with Crippen LogP contribution in [0.3, 0.4) is 0 Å². The number of fused-ring (bicyclic) bond motifs is 2. The Morgan fingerprint density at radius 1 is 1.24 bits per heavy atom. The fraction of sp³-hybridized carbons (Fsp3) is 0.391. The van der Waals surface area contributed by atoms with Crippen molar-refractivity contribution >= 4 is 16.5 Å². The molecular weight excluding hydrogens is 364 g/mol. The van der Waals surface area contributed by atoms with Gasteiger partial charge in [0.05, 0.1) is 18.8 Å². The standard InChI is InChI=1S/C23H26N4O2/c1-15-19-7-9-27(22-11-18(28)10-17-4-2-3-5-20(17)22)13-21(19)26-23(25-15)29-14-16-6-8-24-12-16/h2-5,10-11,16,24,28H,6-9,12-14H2,1H3/t16-/m1/s1. The van der Waals surface area contributed by atoms with Gasteiger partial charge in [0.1, 0.15) is 5.75 Å². The number of phenolic OH excluding ortho intramolecular Hbond substituents is 1. The van der Waals surface area contributed by atoms with Crippen LogP contribution < -0.4 is 15.0 Å². The summed E-state index contributed by atoms with van der Waals surface area (Å²) in [6.07, 6.45) is 2.03. The number of aromatic hydroxyl groups is 1. The van der Waals surface area contributed by atoms with Crippen molar-refractivity contribution in [3.8, 4) is 11.8 Å². The predicted octanol–water partition coefficient (Wildman–Crippen LogP) is 3.19. The van der Waals surface area contributed by atoms with Crippen LogP contribution in [0.5, 0.6) is 11.8 Å². The Labute approximate surface area is 170 Å². The van der Waals surface area contributed by atoms with E-state index in [2.05, 4.69) is 21.3 Å². The van der Waals surface area contributed by atoms with Gasteiger partial charge in [-0.2, -0.15) is 4.98 Å². The molecule has 6 heteroatoms. The Morgan fingerprint density at radius 3 is 3.00 bits per heavy atom. The van der Waals surface area contributed by atoms with E-state index in [0.29, 0.717) is 25.1 Å². The van der Waals surface area contributed by atoms with Crippen molar-refractivity contribution in [2.24, 2.45) is 5.92 Å². The molecule has 5 rings (SSSR count). The maximum Gasteiger partial charge on any atom is 0.316 e. The number of phenols is 1. The minimum atomic E-state index is 0.289. The second-order valence-electron chi connectivity index (χ2n) is 8.04. The van der Waals surface area contributed by atoms with Crippen molar-refractivity contribution in [2.75, 3.05) is 31.1 Å². The van der Waals surface area contributed by atoms with Crippen molar-refractivity contribution in [1.29, 1.82) is 0 Å². The Hall–Kier alpha value is -2.86. The van der Waals surface area contributed by atoms with Gasteiger partial charge in [0.25, 0.3) is 0 Å². The zero-order chi connectivity index (χ0) is 19.8. The molecule has 0 unspecified atom stereocenters. The Balaban J connectivity index is 1.43. The summed E-state index contributed by atoms with van der Waals surface area (Å²) in [5.41, 5.74) is 4.30. The van der Waals surface area contributed by atoms with Gasteiger partial charge < -0.3 is 20.1 Å². The molecule has 1 fully saturated rings. The normalized spacial score (nSPS) is 18.8. The van der Waals surface area contributed by atoms with Crippen molar-refractivity contribution in [1.82, 2.24) is 15.3 Å². The van der Waals surface area contributed by atoms with E-state index in [-0.39, 0.29) is 5.75 Å². The zero-order valence-corrected chi connectivity index (χ0v) is 16.7. The third kappa shape index (κ3) is 3.60. The molecular formula is C23H26N4O2. The summed E-state index contributed by atoms with van der Waals surface area (Å²) in [4.78, 5) is 11.6. The van der Waals surface area contributed by atoms with Crippen LogP contribution in [0.15, 0.2) is 36.4 Å². The van der Waals surface area contributed by atoms with E-state index in [1.165, 1.54) is 5.56 Å². The minimum Gasteiger partial charge on any atom is -0.508 e. The number of hydrogen-bond acceptors (Lipinski definition) is 6. The first-order valence-corrected chi connectivity index (χ1v) is 10.3. The lowest BCUT2D eigenvalue weighted by atomic mass is 10.0. The molecule has 1 saturated heterocycles. The maximum atomic E-state index is 10.2. The zero-order valence-electron chi connectivity index (χ0n) is 16.7. The fourth-order valence-corrected chi connectivity index (χ4v) is 4.45. The lowest BCUT2D eigenvalue weighted by molar-refractivity contribution is 0.239. The van der Waals surface area contributed by atoms with Crippen molar-refractivity contribution in [2.45, 2.75) is 26.3 Å². The molecule has 2 aliphatic rings. The number of nitrogens with zero attached hydrogens (tertiary/aromatic N) is 3. The van der Waals surface area contributed by atoms with Gasteiger partial charge in [0.2, 0.25) is 0 Å². The first-order chi connectivity index (χ1) is 14.2. The summed E-state index contributed by atoms with van der Waals surface area (Å²) in [5.74, 6) is 0.822. The summed E-state index contributed by atoms with van der Waals surface area (Å²) in [5, 5.41) is 15.8. The van der Waals surface area contributed by atoms with Crippen molar-refractivity contribution in [3.63, 3.8) is 0 Å². The largest absolute Gasteiger partial charge is 0.508 e. The number of rotatable bonds is 4. The number of hydrogen-bond donors (Lipinski definition) is 2. The Bertz CT molecular complexity index is 1050. The monoisotopic (exact) mass is 390 g/mol. The molecule has 0 amide bonds. The lowest BCUT2D eigenvalue weighted by Gasteiger charge is -2.31. The van der Waals surface area contributed by atoms with Crippen LogP contribution in [-0.4, -0.2) is 41.3 Å². The summed E-state index contributed by atoms with van der Waals surface area (Å²) in [6, 6.07) is 12.3. The molecule has 3 aromatic rings. The van der Waals surface area contributed by atoms with E-state index in [9.17, 15) is 5.11 Å². The molecule has 1 atom stereocenters. The van der Waals surface area contributed by atoms with Crippen LogP contribution in [0.25, 0.3) is 10.8 Å². The predicted molar refractivity (Wildman–Crippen MR) is 114 cm³/mol. The van der Waals surface area contributed by atoms with E-state index in [4.69, 9.17) is 9.72 Å². The van der Waals surface area contributed by atoms with Crippen LogP contribution in [0.1, 0.15) is 23.4 Å². The molecule has 3 heterocycles. The van der Waals surface area contributed by atoms with E-state index < -0.39 is 0 Å². The Morgan fingerprint density at radius 2 is 2.14 bits per heavy atom. The summed E-state index contributed by atoms with van der Waals surface area (Å²) in [6.45, 7) is 6.33. The van der Waals surface area contributed by atoms with Crippen LogP contribution >= 0.6 is 0 Å². The third-order valence-corrected chi connectivity index (χ3v) is 6.03. The highest BCUT2D eigenvalue weighted by Crippen LogP contribution is 2.34. The molecule has 2 N–H and O–H groups in total. The molecule has 1 aromatic heterocycles. The van der Waals surface area contributed by atoms with Gasteiger partial charge in [-0.25, -0.2) is 4.98 Å². The van der Waals surface area contributed by atoms with Gasteiger partial charge in [0.15, 0.2) is 0 Å². The molecule has 0 radical (unpaired) electrons. The Kier molecular flexibility index (Phi) is 4.72. The van der Waals surface area contributed by atoms with E-state index in [0.717, 1.165) is 60.3 Å². The molecule has 0 aliphatic carbocycles. The molecule has 0 saturated carbocycles. The lowest BCUT2D eigenvalue weighted by Crippen LogP contribution is -2.32. The molecule has 0 spiro atoms. The highest BCUT2D eigenvalue weighted by atomic mass is 16.5. The maximum absolute atomic E-state index is 10.2. The quantitative estimate of drug-likeness (QED) is 0.713. The average Bonchev–Trinajstić information content (AvgIpc) is 3.25. The summed E-state index contributed by atoms with van der Waals surface area (Å²) < 4.78 is 5.95. The first-order valence-electron chi connectivity index (χ1n) is 10.3. The second kappa shape index (κ2) is 7.52. The van der Waals surface area contributed by atoms with Gasteiger partial charge in [-0.3, -0.25) is 0 Å². The fourth-order valence-electron chi connectivity index (χ4n) is 4.45. The van der Waals surface area contributed by atoms with Gasteiger partial charge in [-0.05, 0) is 43.3 Å². The van der Waals surface area contributed by atoms with Gasteiger partial charge in [-0.15, -0.1) is 0 Å². The van der Waals surface area contributed by atoms with Crippen molar-refractivity contribution in [3.05, 3.63) is 53.3 Å². The molecule has 150 valence electrons. The van der Waals surface area contributed by atoms with E-state index in [1.54, 1.807) is 0 Å². The minimum absolute atomic E-state index is 0.289. The topological polar surface area (TPSA) is 70.5 Å². The molecule has 2 aromatic carbocycles. The van der Waals surface area contributed by atoms with Gasteiger partial charge >= 0.3 is 6.01 Å². The van der Waals surface area contributed by atoms with E-state index >= 15 is 0 Å². The first kappa shape index (κ1) is 18.2. The highest BCUT2D eigenvalue weighted by molar-refractivity contribution is 5.95. The third-order valence-electron chi connectivity index (χ3n) is 6.03. The second-order valence-corrected chi connectivity index (χ2v) is 8.04. The summed E-state index contributed by atoms with van der Waals surface area (Å²) >= 11 is 0. The summed E-state index contributed by atoms with van der Waals surface area (Å²) in [7, 11) is 0. The smallest absolute Gasteiger partial charge is 0.316 e. The number of anilines is 1. The van der Waals surface area contributed by atoms with Crippen LogP contribution in [0.2, 0.25) is 0 Å². The van der Waals surface area contributed by atoms with Gasteiger partial charge in [0, 0.05) is 41.8 Å².